The van der Waals surface area contributed by atoms with Gasteiger partial charge in [0.2, 0.25) is 0 Å². The molecule has 0 heterocycles. The topological polar surface area (TPSA) is 34.1 Å². The first-order chi connectivity index (χ1) is 14.6. The van der Waals surface area contributed by atoms with Crippen LogP contribution in [-0.2, 0) is 9.59 Å². The van der Waals surface area contributed by atoms with Crippen molar-refractivity contribution in [3.63, 3.8) is 0 Å². The Bertz CT molecular complexity index is 735. The minimum absolute atomic E-state index is 0.0143. The van der Waals surface area contributed by atoms with Crippen LogP contribution >= 0.6 is 0 Å². The van der Waals surface area contributed by atoms with Gasteiger partial charge in [-0.1, -0.05) is 53.7 Å². The average molecular weight is 427 g/mol. The van der Waals surface area contributed by atoms with Gasteiger partial charge in [0, 0.05) is 25.2 Å². The van der Waals surface area contributed by atoms with Crippen molar-refractivity contribution in [2.75, 3.05) is 0 Å². The maximum absolute atomic E-state index is 13.3. The summed E-state index contributed by atoms with van der Waals surface area (Å²) in [6.45, 7) is 14.4. The highest BCUT2D eigenvalue weighted by atomic mass is 16.1. The van der Waals surface area contributed by atoms with Gasteiger partial charge in [0.1, 0.15) is 11.6 Å². The van der Waals surface area contributed by atoms with Crippen molar-refractivity contribution in [1.82, 2.24) is 0 Å². The predicted octanol–water partition coefficient (Wildman–Crippen LogP) is 7.27. The van der Waals surface area contributed by atoms with E-state index in [4.69, 9.17) is 0 Å². The van der Waals surface area contributed by atoms with Gasteiger partial charge in [-0.15, -0.1) is 0 Å². The highest BCUT2D eigenvalue weighted by Crippen LogP contribution is 2.67. The summed E-state index contributed by atoms with van der Waals surface area (Å²) in [7, 11) is 0. The molecule has 4 aliphatic rings. The molecule has 4 saturated carbocycles. The summed E-state index contributed by atoms with van der Waals surface area (Å²) < 4.78 is 0. The molecule has 2 nitrogen and oxygen atoms in total. The Balaban J connectivity index is 1.54. The number of ketones is 2. The molecule has 0 aromatic carbocycles. The van der Waals surface area contributed by atoms with Crippen molar-refractivity contribution >= 4 is 11.6 Å². The Kier molecular flexibility index (Phi) is 6.34. The van der Waals surface area contributed by atoms with Crippen LogP contribution in [0.1, 0.15) is 99.3 Å². The summed E-state index contributed by atoms with van der Waals surface area (Å²) in [6.07, 6.45) is 14.4. The van der Waals surface area contributed by atoms with Crippen LogP contribution in [0.4, 0.5) is 0 Å². The summed E-state index contributed by atoms with van der Waals surface area (Å²) in [6, 6.07) is 0. The number of Topliss-reactive ketones (excluding diaryl/α,β-unsaturated/α-hetero) is 2. The van der Waals surface area contributed by atoms with Crippen LogP contribution in [0.25, 0.3) is 0 Å². The molecule has 0 spiro atoms. The molecule has 0 radical (unpaired) electrons. The third-order valence-corrected chi connectivity index (χ3v) is 11.0. The fourth-order valence-electron chi connectivity index (χ4n) is 9.02. The number of fused-ring (bicyclic) bond motifs is 5. The van der Waals surface area contributed by atoms with Gasteiger partial charge in [0.05, 0.1) is 0 Å². The van der Waals surface area contributed by atoms with E-state index in [1.54, 1.807) is 0 Å². The molecular weight excluding hydrogens is 380 g/mol. The second-order valence-electron chi connectivity index (χ2n) is 12.6. The Morgan fingerprint density at radius 1 is 0.935 bits per heavy atom. The van der Waals surface area contributed by atoms with E-state index in [1.165, 1.54) is 32.1 Å². The summed E-state index contributed by atoms with van der Waals surface area (Å²) >= 11 is 0. The highest BCUT2D eigenvalue weighted by molar-refractivity contribution is 5.90. The lowest BCUT2D eigenvalue weighted by Gasteiger charge is -2.59. The third kappa shape index (κ3) is 3.78. The largest absolute Gasteiger partial charge is 0.300 e. The molecule has 0 aromatic heterocycles. The van der Waals surface area contributed by atoms with E-state index in [0.29, 0.717) is 65.3 Å². The number of rotatable bonds is 5. The lowest BCUT2D eigenvalue weighted by atomic mass is 9.44. The van der Waals surface area contributed by atoms with Crippen LogP contribution in [0.2, 0.25) is 0 Å². The van der Waals surface area contributed by atoms with E-state index in [0.717, 1.165) is 18.8 Å². The van der Waals surface area contributed by atoms with Gasteiger partial charge < -0.3 is 0 Å². The molecule has 174 valence electrons. The molecule has 0 saturated heterocycles. The van der Waals surface area contributed by atoms with Crippen molar-refractivity contribution in [1.29, 1.82) is 0 Å². The van der Waals surface area contributed by atoms with Gasteiger partial charge >= 0.3 is 0 Å². The van der Waals surface area contributed by atoms with Crippen molar-refractivity contribution in [3.8, 4) is 0 Å². The Morgan fingerprint density at radius 2 is 1.65 bits per heavy atom. The molecule has 4 fully saturated rings. The SMILES string of the molecule is CCC(/C=C/[C@@H](C)[C@H]1CC[C@H]2[C@@H]3CC(=O)C4CC(=O)CC[C@]4(C)[C@H]3CC[C@]12C)C(C)C. The van der Waals surface area contributed by atoms with Gasteiger partial charge in [-0.05, 0) is 90.8 Å². The van der Waals surface area contributed by atoms with E-state index in [2.05, 4.69) is 53.7 Å². The van der Waals surface area contributed by atoms with Crippen molar-refractivity contribution in [2.24, 2.45) is 58.2 Å². The van der Waals surface area contributed by atoms with Gasteiger partial charge in [0.15, 0.2) is 0 Å². The van der Waals surface area contributed by atoms with Crippen molar-refractivity contribution in [2.45, 2.75) is 99.3 Å². The molecule has 0 aliphatic heterocycles. The summed E-state index contributed by atoms with van der Waals surface area (Å²) in [5, 5.41) is 0. The molecule has 31 heavy (non-hydrogen) atoms. The van der Waals surface area contributed by atoms with E-state index >= 15 is 0 Å². The second-order valence-corrected chi connectivity index (χ2v) is 12.6. The van der Waals surface area contributed by atoms with Gasteiger partial charge in [-0.3, -0.25) is 9.59 Å². The Hall–Kier alpha value is -0.920. The van der Waals surface area contributed by atoms with Crippen LogP contribution in [0, 0.1) is 58.2 Å². The first-order valence-corrected chi connectivity index (χ1v) is 13.3. The Morgan fingerprint density at radius 3 is 2.32 bits per heavy atom. The van der Waals surface area contributed by atoms with Gasteiger partial charge in [0.25, 0.3) is 0 Å². The minimum Gasteiger partial charge on any atom is -0.300 e. The zero-order chi connectivity index (χ0) is 22.6. The van der Waals surface area contributed by atoms with Crippen LogP contribution in [0.3, 0.4) is 0 Å². The quantitative estimate of drug-likeness (QED) is 0.433. The Labute approximate surface area is 191 Å². The number of allylic oxidation sites excluding steroid dienone is 2. The molecule has 0 aromatic rings. The van der Waals surface area contributed by atoms with Crippen LogP contribution in [-0.4, -0.2) is 11.6 Å². The zero-order valence-electron chi connectivity index (χ0n) is 21.0. The van der Waals surface area contributed by atoms with Crippen LogP contribution < -0.4 is 0 Å². The average Bonchev–Trinajstić information content (AvgIpc) is 3.07. The highest BCUT2D eigenvalue weighted by Gasteiger charge is 2.62. The van der Waals surface area contributed by atoms with Gasteiger partial charge in [-0.25, -0.2) is 0 Å². The smallest absolute Gasteiger partial charge is 0.137 e. The predicted molar refractivity (Wildman–Crippen MR) is 128 cm³/mol. The standard InChI is InChI=1S/C29H46O2/c1-7-20(18(2)3)9-8-19(4)23-10-11-24-22-17-27(31)26-16-21(30)12-14-29(26,6)25(22)13-15-28(23,24)5/h8-9,18-20,22-26H,7,10-17H2,1-6H3/b9-8+/t19-,20?,22+,23-,24+,25+,26?,28-,29-/m1/s1. The molecule has 0 amide bonds. The molecular formula is C29H46O2. The number of carbonyl (C=O) groups is 2. The lowest BCUT2D eigenvalue weighted by Crippen LogP contribution is -2.56. The molecule has 4 rings (SSSR count). The van der Waals surface area contributed by atoms with E-state index in [1.807, 2.05) is 0 Å². The fourth-order valence-corrected chi connectivity index (χ4v) is 9.02. The maximum Gasteiger partial charge on any atom is 0.137 e. The first-order valence-electron chi connectivity index (χ1n) is 13.3. The van der Waals surface area contributed by atoms with E-state index in [-0.39, 0.29) is 11.3 Å². The molecule has 2 heteroatoms. The van der Waals surface area contributed by atoms with E-state index in [9.17, 15) is 9.59 Å². The summed E-state index contributed by atoms with van der Waals surface area (Å²) in [5.41, 5.74) is 0.447. The van der Waals surface area contributed by atoms with E-state index < -0.39 is 0 Å². The van der Waals surface area contributed by atoms with Crippen molar-refractivity contribution in [3.05, 3.63) is 12.2 Å². The molecule has 4 aliphatic carbocycles. The number of hydrogen-bond acceptors (Lipinski definition) is 2. The zero-order valence-corrected chi connectivity index (χ0v) is 21.0. The van der Waals surface area contributed by atoms with Crippen molar-refractivity contribution < 1.29 is 9.59 Å². The summed E-state index contributed by atoms with van der Waals surface area (Å²) in [4.78, 5) is 25.4. The minimum atomic E-state index is 0.0143. The monoisotopic (exact) mass is 426 g/mol. The number of hydrogen-bond donors (Lipinski definition) is 0. The molecule has 2 unspecified atom stereocenters. The second kappa shape index (κ2) is 8.45. The van der Waals surface area contributed by atoms with Gasteiger partial charge in [-0.2, -0.15) is 0 Å². The number of carbonyl (C=O) groups excluding carboxylic acids is 2. The molecule has 9 atom stereocenters. The van der Waals surface area contributed by atoms with Crippen LogP contribution in [0.15, 0.2) is 12.2 Å². The maximum atomic E-state index is 13.3. The third-order valence-electron chi connectivity index (χ3n) is 11.0. The summed E-state index contributed by atoms with van der Waals surface area (Å²) in [5.74, 6) is 5.41. The lowest BCUT2D eigenvalue weighted by molar-refractivity contribution is -0.158. The van der Waals surface area contributed by atoms with Crippen LogP contribution in [0.5, 0.6) is 0 Å². The first kappa shape index (κ1) is 23.2. The normalized spacial score (nSPS) is 44.8. The fraction of sp³-hybridized carbons (Fsp3) is 0.862. The molecule has 0 bridgehead atoms. The molecule has 0 N–H and O–H groups in total.